The minimum absolute atomic E-state index is 0.0417. The molecule has 0 saturated carbocycles. The van der Waals surface area contributed by atoms with Gasteiger partial charge in [0.1, 0.15) is 0 Å². The van der Waals surface area contributed by atoms with Gasteiger partial charge in [-0.05, 0) is 51.4 Å². The fraction of sp³-hybridized carbons (Fsp3) is 0.944. The maximum atomic E-state index is 10.5. The van der Waals surface area contributed by atoms with Gasteiger partial charge in [-0.25, -0.2) is 0 Å². The van der Waals surface area contributed by atoms with Gasteiger partial charge in [0.15, 0.2) is 0 Å². The lowest BCUT2D eigenvalue weighted by Gasteiger charge is -2.36. The lowest BCUT2D eigenvalue weighted by atomic mass is 9.78. The molecule has 2 saturated heterocycles. The van der Waals surface area contributed by atoms with Gasteiger partial charge in [0.05, 0.1) is 12.2 Å². The van der Waals surface area contributed by atoms with Crippen molar-refractivity contribution in [2.45, 2.75) is 66.4 Å². The van der Waals surface area contributed by atoms with Crippen LogP contribution in [0, 0.1) is 11.3 Å². The van der Waals surface area contributed by atoms with Crippen LogP contribution in [0.4, 0.5) is 0 Å². The number of carbonyl (C=O) groups excluding carboxylic acids is 1. The van der Waals surface area contributed by atoms with Gasteiger partial charge in [-0.1, -0.05) is 20.8 Å². The van der Waals surface area contributed by atoms with Gasteiger partial charge in [-0.2, -0.15) is 0 Å². The molecule has 2 rings (SSSR count). The van der Waals surface area contributed by atoms with Crippen molar-refractivity contribution in [2.24, 2.45) is 16.5 Å². The lowest BCUT2D eigenvalue weighted by Crippen LogP contribution is -2.39. The molecule has 0 atom stereocenters. The molecule has 5 nitrogen and oxygen atoms in total. The molecule has 0 aromatic heterocycles. The summed E-state index contributed by atoms with van der Waals surface area (Å²) in [4.78, 5) is 12.3. The summed E-state index contributed by atoms with van der Waals surface area (Å²) in [6.07, 6.45) is 4.42. The molecule has 146 valence electrons. The highest BCUT2D eigenvalue weighted by Crippen LogP contribution is 2.38. The Morgan fingerprint density at radius 1 is 1.17 bits per heavy atom. The summed E-state index contributed by atoms with van der Waals surface area (Å²) in [5, 5.41) is 4.19. The quantitative estimate of drug-likeness (QED) is 0.552. The minimum atomic E-state index is 0.0417. The predicted octanol–water partition coefficient (Wildman–Crippen LogP) is 3.53. The van der Waals surface area contributed by atoms with Gasteiger partial charge in [0.2, 0.25) is 6.41 Å². The molecule has 2 N–H and O–H groups in total. The van der Waals surface area contributed by atoms with E-state index in [1.165, 1.54) is 6.42 Å². The number of ether oxygens (including phenoxy) is 2. The highest BCUT2D eigenvalue weighted by Gasteiger charge is 2.37. The van der Waals surface area contributed by atoms with Crippen molar-refractivity contribution in [1.29, 1.82) is 0 Å². The predicted molar refractivity (Wildman–Crippen MR) is 105 cm³/mol. The zero-order valence-corrected chi connectivity index (χ0v) is 17.7. The van der Waals surface area contributed by atoms with Gasteiger partial charge in [0, 0.05) is 26.8 Å². The molecular formula is C18H40N2O3S. The Labute approximate surface area is 155 Å². The van der Waals surface area contributed by atoms with Crippen LogP contribution in [0.25, 0.3) is 0 Å². The summed E-state index contributed by atoms with van der Waals surface area (Å²) in [5.41, 5.74) is 0.472. The number of hydrogen-bond acceptors (Lipinski definition) is 5. The lowest BCUT2D eigenvalue weighted by molar-refractivity contribution is -0.120. The van der Waals surface area contributed by atoms with Crippen LogP contribution in [0.15, 0.2) is 0 Å². The van der Waals surface area contributed by atoms with Gasteiger partial charge < -0.3 is 14.4 Å². The number of amides is 1. The van der Waals surface area contributed by atoms with Gasteiger partial charge in [-0.3, -0.25) is 9.93 Å². The number of rotatable bonds is 1. The number of thiol groups is 1. The highest BCUT2D eigenvalue weighted by molar-refractivity contribution is 7.77. The second-order valence-corrected chi connectivity index (χ2v) is 7.99. The summed E-state index contributed by atoms with van der Waals surface area (Å²) < 4.78 is 10.3. The molecule has 1 amide bonds. The van der Waals surface area contributed by atoms with Crippen LogP contribution in [0.1, 0.15) is 60.8 Å². The van der Waals surface area contributed by atoms with E-state index in [9.17, 15) is 4.79 Å². The normalized spacial score (nSPS) is 18.7. The number of likely N-dealkylation sites (tertiary alicyclic amines) is 1. The number of piperidine rings is 1. The first kappa shape index (κ1) is 25.9. The fourth-order valence-electron chi connectivity index (χ4n) is 2.15. The molecule has 0 aromatic carbocycles. The van der Waals surface area contributed by atoms with Crippen molar-refractivity contribution in [1.82, 2.24) is 4.90 Å². The summed E-state index contributed by atoms with van der Waals surface area (Å²) in [7, 11) is 1.71. The van der Waals surface area contributed by atoms with Crippen molar-refractivity contribution < 1.29 is 14.3 Å². The van der Waals surface area contributed by atoms with E-state index < -0.39 is 0 Å². The highest BCUT2D eigenvalue weighted by atomic mass is 32.1. The third kappa shape index (κ3) is 14.1. The van der Waals surface area contributed by atoms with Crippen molar-refractivity contribution in [3.05, 3.63) is 0 Å². The topological polar surface area (TPSA) is 64.8 Å². The molecule has 2 fully saturated rings. The van der Waals surface area contributed by atoms with E-state index in [0.717, 1.165) is 51.5 Å². The van der Waals surface area contributed by atoms with Crippen LogP contribution in [-0.2, 0) is 14.3 Å². The van der Waals surface area contributed by atoms with Crippen LogP contribution in [0.5, 0.6) is 0 Å². The number of nitrogens with two attached hydrogens (primary N) is 1. The summed E-state index contributed by atoms with van der Waals surface area (Å²) in [6, 6.07) is 0. The molecular weight excluding hydrogens is 324 g/mol. The molecule has 24 heavy (non-hydrogen) atoms. The first-order chi connectivity index (χ1) is 11.1. The minimum Gasteiger partial charge on any atom is -0.381 e. The molecule has 1 spiro atoms. The molecule has 6 heteroatoms. The monoisotopic (exact) mass is 364 g/mol. The Hall–Kier alpha value is -0.300. The second kappa shape index (κ2) is 13.9. The van der Waals surface area contributed by atoms with E-state index in [1.807, 2.05) is 25.7 Å². The van der Waals surface area contributed by atoms with Crippen molar-refractivity contribution in [2.75, 3.05) is 33.4 Å². The number of hydrogen-bond donors (Lipinski definition) is 2. The third-order valence-corrected chi connectivity index (χ3v) is 3.81. The zero-order valence-electron chi connectivity index (χ0n) is 16.8. The maximum absolute atomic E-state index is 10.5. The smallest absolute Gasteiger partial charge is 0.209 e. The maximum Gasteiger partial charge on any atom is 0.209 e. The van der Waals surface area contributed by atoms with E-state index >= 15 is 0 Å². The second-order valence-electron chi connectivity index (χ2n) is 7.99. The zero-order chi connectivity index (χ0) is 19.2. The fourth-order valence-corrected chi connectivity index (χ4v) is 2.15. The molecule has 0 bridgehead atoms. The van der Waals surface area contributed by atoms with Crippen molar-refractivity contribution in [3.8, 4) is 0 Å². The summed E-state index contributed by atoms with van der Waals surface area (Å²) >= 11 is 3.03. The molecule has 2 heterocycles. The van der Waals surface area contributed by atoms with Gasteiger partial charge in [-0.15, -0.1) is 12.8 Å². The standard InChI is InChI=1S/C9H15NO2.C5H12O.C4H10.H3NS/c11-8-10-4-1-9(2-5-10)3-6-12-7-9;1-5(2,3)6-4;1-4(2)3;1-2/h8H,1-7H2;1-4H3;4H,1-3H3;2H,1H2. The van der Waals surface area contributed by atoms with Crippen LogP contribution in [0.2, 0.25) is 0 Å². The Balaban J connectivity index is 0. The number of nitrogens with zero attached hydrogens (tertiary/aromatic N) is 1. The van der Waals surface area contributed by atoms with E-state index in [0.29, 0.717) is 5.41 Å². The van der Waals surface area contributed by atoms with Crippen LogP contribution in [-0.4, -0.2) is 50.3 Å². The number of methoxy groups -OCH3 is 1. The van der Waals surface area contributed by atoms with E-state index in [4.69, 9.17) is 9.47 Å². The van der Waals surface area contributed by atoms with Crippen LogP contribution >= 0.6 is 12.8 Å². The molecule has 0 aliphatic carbocycles. The van der Waals surface area contributed by atoms with E-state index in [1.54, 1.807) is 7.11 Å². The van der Waals surface area contributed by atoms with Crippen molar-refractivity contribution >= 4 is 19.2 Å². The van der Waals surface area contributed by atoms with E-state index in [-0.39, 0.29) is 5.60 Å². The summed E-state index contributed by atoms with van der Waals surface area (Å²) in [5.74, 6) is 0.833. The van der Waals surface area contributed by atoms with Crippen LogP contribution in [0.3, 0.4) is 0 Å². The van der Waals surface area contributed by atoms with Crippen LogP contribution < -0.4 is 5.14 Å². The summed E-state index contributed by atoms with van der Waals surface area (Å²) in [6.45, 7) is 16.2. The Morgan fingerprint density at radius 2 is 1.58 bits per heavy atom. The first-order valence-corrected chi connectivity index (χ1v) is 9.24. The average molecular weight is 365 g/mol. The average Bonchev–Trinajstić information content (AvgIpc) is 2.98. The Bertz CT molecular complexity index is 288. The van der Waals surface area contributed by atoms with Gasteiger partial charge >= 0.3 is 0 Å². The van der Waals surface area contributed by atoms with Gasteiger partial charge in [0.25, 0.3) is 0 Å². The largest absolute Gasteiger partial charge is 0.381 e. The van der Waals surface area contributed by atoms with E-state index in [2.05, 4.69) is 38.7 Å². The SMILES string of the molecule is CC(C)C.COC(C)(C)C.NS.O=CN1CCC2(CCOC2)CC1. The molecule has 0 aromatic rings. The van der Waals surface area contributed by atoms with Crippen molar-refractivity contribution in [3.63, 3.8) is 0 Å². The Kier molecular flexibility index (Phi) is 15.1. The molecule has 0 radical (unpaired) electrons. The molecule has 2 aliphatic heterocycles. The Morgan fingerprint density at radius 3 is 1.83 bits per heavy atom. The first-order valence-electron chi connectivity index (χ1n) is 8.72. The number of carbonyl (C=O) groups is 1. The third-order valence-electron chi connectivity index (χ3n) is 3.81. The molecule has 0 unspecified atom stereocenters. The molecule has 2 aliphatic rings.